The van der Waals surface area contributed by atoms with E-state index in [4.69, 9.17) is 10.5 Å². The van der Waals surface area contributed by atoms with Crippen molar-refractivity contribution in [1.82, 2.24) is 0 Å². The SMILES string of the molecule is COc1ccc2cc(C3(N)CC(O)C3)ccc2c1. The highest BCUT2D eigenvalue weighted by atomic mass is 16.5. The van der Waals surface area contributed by atoms with Gasteiger partial charge in [-0.1, -0.05) is 18.2 Å². The quantitative estimate of drug-likeness (QED) is 0.849. The molecule has 94 valence electrons. The van der Waals surface area contributed by atoms with Crippen molar-refractivity contribution in [1.29, 1.82) is 0 Å². The van der Waals surface area contributed by atoms with Gasteiger partial charge in [0.25, 0.3) is 0 Å². The van der Waals surface area contributed by atoms with Crippen molar-refractivity contribution >= 4 is 10.8 Å². The number of aliphatic hydroxyl groups excluding tert-OH is 1. The summed E-state index contributed by atoms with van der Waals surface area (Å²) in [5.41, 5.74) is 7.03. The van der Waals surface area contributed by atoms with Crippen LogP contribution in [-0.4, -0.2) is 18.3 Å². The van der Waals surface area contributed by atoms with E-state index in [0.717, 1.165) is 22.1 Å². The number of ether oxygens (including phenoxy) is 1. The third-order valence-corrected chi connectivity index (χ3v) is 3.82. The molecule has 0 heterocycles. The minimum absolute atomic E-state index is 0.249. The predicted octanol–water partition coefficient (Wildman–Crippen LogP) is 2.16. The van der Waals surface area contributed by atoms with Gasteiger partial charge in [0, 0.05) is 5.54 Å². The number of fused-ring (bicyclic) bond motifs is 1. The molecule has 3 rings (SSSR count). The molecule has 0 unspecified atom stereocenters. The second-order valence-electron chi connectivity index (χ2n) is 5.15. The van der Waals surface area contributed by atoms with Crippen LogP contribution in [0.15, 0.2) is 36.4 Å². The lowest BCUT2D eigenvalue weighted by Gasteiger charge is -2.42. The molecule has 0 amide bonds. The van der Waals surface area contributed by atoms with Crippen molar-refractivity contribution in [2.45, 2.75) is 24.5 Å². The molecule has 2 aromatic carbocycles. The van der Waals surface area contributed by atoms with Crippen LogP contribution in [0.2, 0.25) is 0 Å². The van der Waals surface area contributed by atoms with Crippen LogP contribution in [0, 0.1) is 0 Å². The normalized spacial score (nSPS) is 26.9. The van der Waals surface area contributed by atoms with Crippen LogP contribution in [0.4, 0.5) is 0 Å². The number of nitrogens with two attached hydrogens (primary N) is 1. The van der Waals surface area contributed by atoms with E-state index in [2.05, 4.69) is 12.1 Å². The van der Waals surface area contributed by atoms with Crippen molar-refractivity contribution < 1.29 is 9.84 Å². The Morgan fingerprint density at radius 1 is 1.17 bits per heavy atom. The van der Waals surface area contributed by atoms with Crippen LogP contribution in [-0.2, 0) is 5.54 Å². The molecule has 18 heavy (non-hydrogen) atoms. The van der Waals surface area contributed by atoms with Gasteiger partial charge in [0.15, 0.2) is 0 Å². The number of hydrogen-bond donors (Lipinski definition) is 2. The minimum atomic E-state index is -0.354. The molecule has 3 N–H and O–H groups in total. The largest absolute Gasteiger partial charge is 0.497 e. The maximum absolute atomic E-state index is 9.43. The van der Waals surface area contributed by atoms with E-state index in [1.54, 1.807) is 7.11 Å². The lowest BCUT2D eigenvalue weighted by Crippen LogP contribution is -2.51. The molecular weight excluding hydrogens is 226 g/mol. The highest BCUT2D eigenvalue weighted by Gasteiger charge is 2.41. The first kappa shape index (κ1) is 11.5. The maximum atomic E-state index is 9.43. The number of benzene rings is 2. The summed E-state index contributed by atoms with van der Waals surface area (Å²) in [4.78, 5) is 0. The second-order valence-corrected chi connectivity index (χ2v) is 5.15. The summed E-state index contributed by atoms with van der Waals surface area (Å²) in [7, 11) is 1.67. The van der Waals surface area contributed by atoms with Gasteiger partial charge in [0.1, 0.15) is 5.75 Å². The van der Waals surface area contributed by atoms with E-state index < -0.39 is 0 Å². The molecule has 3 heteroatoms. The summed E-state index contributed by atoms with van der Waals surface area (Å²) < 4.78 is 5.21. The maximum Gasteiger partial charge on any atom is 0.119 e. The fraction of sp³-hybridized carbons (Fsp3) is 0.333. The van der Waals surface area contributed by atoms with Crippen LogP contribution in [0.3, 0.4) is 0 Å². The van der Waals surface area contributed by atoms with Gasteiger partial charge in [-0.25, -0.2) is 0 Å². The Hall–Kier alpha value is -1.58. The molecule has 0 atom stereocenters. The molecule has 1 fully saturated rings. The van der Waals surface area contributed by atoms with E-state index in [0.29, 0.717) is 12.8 Å². The average molecular weight is 243 g/mol. The molecule has 0 aliphatic heterocycles. The van der Waals surface area contributed by atoms with Gasteiger partial charge in [0.2, 0.25) is 0 Å². The molecular formula is C15H17NO2. The molecule has 0 bridgehead atoms. The fourth-order valence-electron chi connectivity index (χ4n) is 2.68. The lowest BCUT2D eigenvalue weighted by molar-refractivity contribution is 0.0210. The molecule has 1 aliphatic rings. The van der Waals surface area contributed by atoms with Gasteiger partial charge in [-0.15, -0.1) is 0 Å². The summed E-state index contributed by atoms with van der Waals surface area (Å²) in [5.74, 6) is 0.858. The van der Waals surface area contributed by atoms with E-state index in [9.17, 15) is 5.11 Å². The van der Waals surface area contributed by atoms with Crippen molar-refractivity contribution in [2.24, 2.45) is 5.73 Å². The van der Waals surface area contributed by atoms with Gasteiger partial charge in [0.05, 0.1) is 13.2 Å². The predicted molar refractivity (Wildman–Crippen MR) is 71.6 cm³/mol. The summed E-state index contributed by atoms with van der Waals surface area (Å²) in [6, 6.07) is 12.2. The number of aliphatic hydroxyl groups is 1. The Kier molecular flexibility index (Phi) is 2.54. The standard InChI is InChI=1S/C15H17NO2/c1-18-14-5-3-10-6-12(4-2-11(10)7-14)15(16)8-13(17)9-15/h2-7,13,17H,8-9,16H2,1H3. The third kappa shape index (κ3) is 1.76. The molecule has 0 aromatic heterocycles. The van der Waals surface area contributed by atoms with Gasteiger partial charge >= 0.3 is 0 Å². The first-order valence-electron chi connectivity index (χ1n) is 6.16. The zero-order chi connectivity index (χ0) is 12.8. The summed E-state index contributed by atoms with van der Waals surface area (Å²) >= 11 is 0. The van der Waals surface area contributed by atoms with E-state index in [1.807, 2.05) is 24.3 Å². The highest BCUT2D eigenvalue weighted by Crippen LogP contribution is 2.40. The lowest BCUT2D eigenvalue weighted by atomic mass is 9.70. The topological polar surface area (TPSA) is 55.5 Å². The minimum Gasteiger partial charge on any atom is -0.497 e. The zero-order valence-electron chi connectivity index (χ0n) is 10.4. The Morgan fingerprint density at radius 3 is 2.50 bits per heavy atom. The Labute approximate surface area is 106 Å². The van der Waals surface area contributed by atoms with E-state index >= 15 is 0 Å². The van der Waals surface area contributed by atoms with Gasteiger partial charge in [-0.3, -0.25) is 0 Å². The Balaban J connectivity index is 2.01. The van der Waals surface area contributed by atoms with Crippen molar-refractivity contribution in [3.8, 4) is 5.75 Å². The zero-order valence-corrected chi connectivity index (χ0v) is 10.4. The van der Waals surface area contributed by atoms with Crippen LogP contribution in [0.1, 0.15) is 18.4 Å². The first-order valence-corrected chi connectivity index (χ1v) is 6.16. The summed E-state index contributed by atoms with van der Waals surface area (Å²) in [6.45, 7) is 0. The Bertz CT molecular complexity index is 588. The third-order valence-electron chi connectivity index (χ3n) is 3.82. The summed E-state index contributed by atoms with van der Waals surface area (Å²) in [6.07, 6.45) is 1.05. The molecule has 0 spiro atoms. The van der Waals surface area contributed by atoms with Crippen molar-refractivity contribution in [3.63, 3.8) is 0 Å². The van der Waals surface area contributed by atoms with Crippen LogP contribution < -0.4 is 10.5 Å². The number of hydrogen-bond acceptors (Lipinski definition) is 3. The van der Waals surface area contributed by atoms with Gasteiger partial charge < -0.3 is 15.6 Å². The molecule has 2 aromatic rings. The van der Waals surface area contributed by atoms with Crippen LogP contribution >= 0.6 is 0 Å². The smallest absolute Gasteiger partial charge is 0.119 e. The van der Waals surface area contributed by atoms with Gasteiger partial charge in [-0.05, 0) is 47.4 Å². The molecule has 0 saturated heterocycles. The molecule has 0 radical (unpaired) electrons. The van der Waals surface area contributed by atoms with Crippen molar-refractivity contribution in [2.75, 3.05) is 7.11 Å². The first-order chi connectivity index (χ1) is 8.60. The second kappa shape index (κ2) is 3.97. The highest BCUT2D eigenvalue weighted by molar-refractivity contribution is 5.84. The number of methoxy groups -OCH3 is 1. The van der Waals surface area contributed by atoms with Crippen LogP contribution in [0.25, 0.3) is 10.8 Å². The summed E-state index contributed by atoms with van der Waals surface area (Å²) in [5, 5.41) is 11.7. The molecule has 1 aliphatic carbocycles. The monoisotopic (exact) mass is 243 g/mol. The fourth-order valence-corrected chi connectivity index (χ4v) is 2.68. The van der Waals surface area contributed by atoms with E-state index in [-0.39, 0.29) is 11.6 Å². The van der Waals surface area contributed by atoms with Crippen molar-refractivity contribution in [3.05, 3.63) is 42.0 Å². The van der Waals surface area contributed by atoms with Crippen LogP contribution in [0.5, 0.6) is 5.75 Å². The van der Waals surface area contributed by atoms with Gasteiger partial charge in [-0.2, -0.15) is 0 Å². The molecule has 1 saturated carbocycles. The van der Waals surface area contributed by atoms with E-state index in [1.165, 1.54) is 0 Å². The number of rotatable bonds is 2. The molecule has 3 nitrogen and oxygen atoms in total. The average Bonchev–Trinajstić information content (AvgIpc) is 2.35. The Morgan fingerprint density at radius 2 is 1.83 bits per heavy atom.